The third-order valence-electron chi connectivity index (χ3n) is 5.04. The SMILES string of the molecule is COc1ccc(N2C(=O)NC(=O)/C(=C\c3ccc(-c4cc([N+](=O)[O-])ccc4C)o3)C2=O)cc1. The molecule has 10 nitrogen and oxygen atoms in total. The second kappa shape index (κ2) is 8.42. The molecule has 0 radical (unpaired) electrons. The summed E-state index contributed by atoms with van der Waals surface area (Å²) >= 11 is 0. The largest absolute Gasteiger partial charge is 0.497 e. The topological polar surface area (TPSA) is 132 Å². The summed E-state index contributed by atoms with van der Waals surface area (Å²) in [6.45, 7) is 1.77. The van der Waals surface area contributed by atoms with Crippen LogP contribution in [0.1, 0.15) is 11.3 Å². The molecule has 4 amide bonds. The molecule has 0 unspecified atom stereocenters. The Morgan fingerprint density at radius 2 is 1.79 bits per heavy atom. The highest BCUT2D eigenvalue weighted by atomic mass is 16.6. The average Bonchev–Trinajstić information content (AvgIpc) is 3.25. The third-order valence-corrected chi connectivity index (χ3v) is 5.04. The zero-order chi connectivity index (χ0) is 23.7. The van der Waals surface area contributed by atoms with E-state index in [2.05, 4.69) is 5.32 Å². The number of hydrogen-bond acceptors (Lipinski definition) is 7. The van der Waals surface area contributed by atoms with Crippen molar-refractivity contribution in [3.8, 4) is 17.1 Å². The van der Waals surface area contributed by atoms with Gasteiger partial charge in [-0.25, -0.2) is 9.69 Å². The fourth-order valence-electron chi connectivity index (χ4n) is 3.33. The lowest BCUT2D eigenvalue weighted by Gasteiger charge is -2.26. The Labute approximate surface area is 187 Å². The average molecular weight is 447 g/mol. The number of carbonyl (C=O) groups excluding carboxylic acids is 3. The van der Waals surface area contributed by atoms with Gasteiger partial charge in [0.05, 0.1) is 17.7 Å². The normalized spacial score (nSPS) is 15.0. The van der Waals surface area contributed by atoms with Gasteiger partial charge in [-0.05, 0) is 55.0 Å². The first-order valence-electron chi connectivity index (χ1n) is 9.69. The van der Waals surface area contributed by atoms with Gasteiger partial charge in [-0.3, -0.25) is 25.0 Å². The first kappa shape index (κ1) is 21.5. The minimum absolute atomic E-state index is 0.0950. The van der Waals surface area contributed by atoms with Crippen molar-refractivity contribution in [3.05, 3.63) is 81.6 Å². The molecule has 1 aromatic heterocycles. The number of nitrogens with zero attached hydrogens (tertiary/aromatic N) is 2. The standard InChI is InChI=1S/C23H17N3O7/c1-13-3-4-15(26(30)31)11-18(13)20-10-9-17(33-20)12-19-21(27)24-23(29)25(22(19)28)14-5-7-16(32-2)8-6-14/h3-12H,1-2H3,(H,24,27,29)/b19-12+. The van der Waals surface area contributed by atoms with Crippen molar-refractivity contribution in [2.75, 3.05) is 12.0 Å². The van der Waals surface area contributed by atoms with Crippen LogP contribution in [0.2, 0.25) is 0 Å². The Morgan fingerprint density at radius 1 is 1.06 bits per heavy atom. The van der Waals surface area contributed by atoms with Crippen LogP contribution in [-0.2, 0) is 9.59 Å². The molecule has 0 saturated carbocycles. The second-order valence-electron chi connectivity index (χ2n) is 7.11. The first-order chi connectivity index (χ1) is 15.8. The van der Waals surface area contributed by atoms with E-state index in [-0.39, 0.29) is 22.7 Å². The van der Waals surface area contributed by atoms with E-state index in [0.29, 0.717) is 17.1 Å². The van der Waals surface area contributed by atoms with Gasteiger partial charge in [0, 0.05) is 17.7 Å². The summed E-state index contributed by atoms with van der Waals surface area (Å²) in [4.78, 5) is 49.1. The van der Waals surface area contributed by atoms with Crippen LogP contribution in [0.25, 0.3) is 17.4 Å². The molecule has 1 saturated heterocycles. The van der Waals surface area contributed by atoms with Gasteiger partial charge in [0.2, 0.25) is 0 Å². The number of anilines is 1. The Hall–Kier alpha value is -4.73. The molecule has 0 aliphatic carbocycles. The number of carbonyl (C=O) groups is 3. The Balaban J connectivity index is 1.67. The molecule has 1 N–H and O–H groups in total. The zero-order valence-corrected chi connectivity index (χ0v) is 17.5. The predicted octanol–water partition coefficient (Wildman–Crippen LogP) is 3.84. The van der Waals surface area contributed by atoms with Crippen molar-refractivity contribution >= 4 is 35.3 Å². The van der Waals surface area contributed by atoms with Crippen LogP contribution in [0.3, 0.4) is 0 Å². The molecule has 1 aliphatic heterocycles. The summed E-state index contributed by atoms with van der Waals surface area (Å²) < 4.78 is 10.8. The molecule has 33 heavy (non-hydrogen) atoms. The molecule has 1 fully saturated rings. The molecule has 2 heterocycles. The van der Waals surface area contributed by atoms with Crippen LogP contribution < -0.4 is 15.0 Å². The maximum Gasteiger partial charge on any atom is 0.335 e. The molecule has 0 spiro atoms. The minimum Gasteiger partial charge on any atom is -0.497 e. The molecular formula is C23H17N3O7. The van der Waals surface area contributed by atoms with Gasteiger partial charge in [0.15, 0.2) is 0 Å². The molecule has 0 bridgehead atoms. The highest BCUT2D eigenvalue weighted by Crippen LogP contribution is 2.30. The number of nitro groups is 1. The van der Waals surface area contributed by atoms with Crippen LogP contribution in [0.5, 0.6) is 5.75 Å². The summed E-state index contributed by atoms with van der Waals surface area (Å²) in [7, 11) is 1.49. The highest BCUT2D eigenvalue weighted by Gasteiger charge is 2.37. The van der Waals surface area contributed by atoms with Gasteiger partial charge < -0.3 is 9.15 Å². The van der Waals surface area contributed by atoms with Gasteiger partial charge in [-0.1, -0.05) is 6.07 Å². The number of nitrogens with one attached hydrogen (secondary N) is 1. The molecule has 0 atom stereocenters. The van der Waals surface area contributed by atoms with Crippen LogP contribution in [0, 0.1) is 17.0 Å². The van der Waals surface area contributed by atoms with Crippen molar-refractivity contribution in [2.24, 2.45) is 0 Å². The van der Waals surface area contributed by atoms with Gasteiger partial charge in [0.1, 0.15) is 22.8 Å². The van der Waals surface area contributed by atoms with E-state index < -0.39 is 22.8 Å². The summed E-state index contributed by atoms with van der Waals surface area (Å²) in [5, 5.41) is 13.2. The summed E-state index contributed by atoms with van der Waals surface area (Å²) in [5.41, 5.74) is 1.11. The van der Waals surface area contributed by atoms with Crippen molar-refractivity contribution in [3.63, 3.8) is 0 Å². The number of nitro benzene ring substituents is 1. The molecular weight excluding hydrogens is 430 g/mol. The molecule has 3 aromatic rings. The number of amides is 4. The van der Waals surface area contributed by atoms with E-state index in [1.54, 1.807) is 31.2 Å². The summed E-state index contributed by atoms with van der Waals surface area (Å²) in [6, 6.07) is 12.8. The number of ether oxygens (including phenoxy) is 1. The first-order valence-corrected chi connectivity index (χ1v) is 9.69. The summed E-state index contributed by atoms with van der Waals surface area (Å²) in [6.07, 6.45) is 1.22. The molecule has 10 heteroatoms. The van der Waals surface area contributed by atoms with E-state index in [1.807, 2.05) is 0 Å². The van der Waals surface area contributed by atoms with E-state index in [0.717, 1.165) is 10.5 Å². The molecule has 166 valence electrons. The number of benzene rings is 2. The van der Waals surface area contributed by atoms with Crippen molar-refractivity contribution in [2.45, 2.75) is 6.92 Å². The third kappa shape index (κ3) is 4.09. The highest BCUT2D eigenvalue weighted by molar-refractivity contribution is 6.39. The number of non-ortho nitro benzene ring substituents is 1. The molecule has 1 aliphatic rings. The predicted molar refractivity (Wildman–Crippen MR) is 118 cm³/mol. The number of imide groups is 2. The van der Waals surface area contributed by atoms with E-state index >= 15 is 0 Å². The number of furan rings is 1. The van der Waals surface area contributed by atoms with Gasteiger partial charge in [-0.2, -0.15) is 0 Å². The fourth-order valence-corrected chi connectivity index (χ4v) is 3.33. The lowest BCUT2D eigenvalue weighted by atomic mass is 10.1. The number of hydrogen-bond donors (Lipinski definition) is 1. The monoisotopic (exact) mass is 447 g/mol. The Kier molecular flexibility index (Phi) is 5.49. The van der Waals surface area contributed by atoms with Gasteiger partial charge >= 0.3 is 6.03 Å². The molecule has 2 aromatic carbocycles. The van der Waals surface area contributed by atoms with Gasteiger partial charge in [0.25, 0.3) is 17.5 Å². The van der Waals surface area contributed by atoms with Crippen molar-refractivity contribution in [1.29, 1.82) is 0 Å². The Morgan fingerprint density at radius 3 is 2.45 bits per heavy atom. The van der Waals surface area contributed by atoms with Crippen LogP contribution in [0.4, 0.5) is 16.2 Å². The van der Waals surface area contributed by atoms with Crippen LogP contribution >= 0.6 is 0 Å². The minimum atomic E-state index is -0.875. The van der Waals surface area contributed by atoms with E-state index in [4.69, 9.17) is 9.15 Å². The quantitative estimate of drug-likeness (QED) is 0.272. The van der Waals surface area contributed by atoms with Crippen molar-refractivity contribution in [1.82, 2.24) is 5.32 Å². The smallest absolute Gasteiger partial charge is 0.335 e. The van der Waals surface area contributed by atoms with Gasteiger partial charge in [-0.15, -0.1) is 0 Å². The van der Waals surface area contributed by atoms with E-state index in [9.17, 15) is 24.5 Å². The fraction of sp³-hybridized carbons (Fsp3) is 0.0870. The zero-order valence-electron chi connectivity index (χ0n) is 17.5. The molecule has 4 rings (SSSR count). The maximum absolute atomic E-state index is 13.0. The summed E-state index contributed by atoms with van der Waals surface area (Å²) in [5.74, 6) is -0.652. The number of barbiturate groups is 1. The number of urea groups is 1. The lowest BCUT2D eigenvalue weighted by molar-refractivity contribution is -0.384. The van der Waals surface area contributed by atoms with E-state index in [1.165, 1.54) is 43.5 Å². The van der Waals surface area contributed by atoms with Crippen LogP contribution in [-0.4, -0.2) is 29.9 Å². The number of aryl methyl sites for hydroxylation is 1. The second-order valence-corrected chi connectivity index (χ2v) is 7.11. The lowest BCUT2D eigenvalue weighted by Crippen LogP contribution is -2.54. The maximum atomic E-state index is 13.0. The van der Waals surface area contributed by atoms with Crippen LogP contribution in [0.15, 0.2) is 64.6 Å². The number of methoxy groups -OCH3 is 1. The number of rotatable bonds is 5. The Bertz CT molecular complexity index is 1320. The van der Waals surface area contributed by atoms with Crippen molar-refractivity contribution < 1.29 is 28.5 Å².